The first kappa shape index (κ1) is 39.2. The third-order valence-corrected chi connectivity index (χ3v) is 8.09. The van der Waals surface area contributed by atoms with Crippen molar-refractivity contribution in [3.63, 3.8) is 0 Å². The molecular formula is C40H56FeN2O. The Bertz CT molecular complexity index is 1430. The van der Waals surface area contributed by atoms with E-state index >= 15 is 0 Å². The van der Waals surface area contributed by atoms with Crippen molar-refractivity contribution in [2.45, 2.75) is 127 Å². The third-order valence-electron chi connectivity index (χ3n) is 8.09. The van der Waals surface area contributed by atoms with E-state index in [0.29, 0.717) is 0 Å². The molecule has 4 heteroatoms. The largest absolute Gasteiger partial charge is 2.00 e. The van der Waals surface area contributed by atoms with Gasteiger partial charge in [-0.05, 0) is 91.2 Å². The summed E-state index contributed by atoms with van der Waals surface area (Å²) >= 11 is 0. The smallest absolute Gasteiger partial charge is 0.872 e. The Hall–Kier alpha value is -2.81. The molecule has 0 spiro atoms. The molecule has 44 heavy (non-hydrogen) atoms. The normalized spacial score (nSPS) is 13.0. The van der Waals surface area contributed by atoms with Crippen molar-refractivity contribution in [1.29, 1.82) is 0 Å². The van der Waals surface area contributed by atoms with Crippen LogP contribution in [0.25, 0.3) is 5.32 Å². The summed E-state index contributed by atoms with van der Waals surface area (Å²) in [5.74, 6) is 0.216. The Morgan fingerprint density at radius 3 is 1.39 bits per heavy atom. The van der Waals surface area contributed by atoms with E-state index < -0.39 is 0 Å². The van der Waals surface area contributed by atoms with Crippen molar-refractivity contribution < 1.29 is 22.2 Å². The van der Waals surface area contributed by atoms with E-state index in [1.54, 1.807) is 0 Å². The molecule has 0 fully saturated rings. The molecule has 0 aromatic heterocycles. The molecule has 0 aliphatic heterocycles. The summed E-state index contributed by atoms with van der Waals surface area (Å²) in [6.07, 6.45) is 0. The molecule has 0 N–H and O–H groups in total. The average molecular weight is 637 g/mol. The fraction of sp³-hybridized carbons (Fsp3) is 0.475. The van der Waals surface area contributed by atoms with Crippen molar-refractivity contribution in [2.75, 3.05) is 0 Å². The van der Waals surface area contributed by atoms with E-state index in [1.165, 1.54) is 27.8 Å². The van der Waals surface area contributed by atoms with Crippen LogP contribution in [0.1, 0.15) is 122 Å². The van der Waals surface area contributed by atoms with Crippen molar-refractivity contribution >= 4 is 17.1 Å². The Labute approximate surface area is 280 Å². The number of hydrogen-bond donors (Lipinski definition) is 0. The van der Waals surface area contributed by atoms with Gasteiger partial charge in [-0.25, -0.2) is 0 Å². The molecule has 3 aromatic rings. The molecule has 0 saturated heterocycles. The summed E-state index contributed by atoms with van der Waals surface area (Å²) < 4.78 is 0. The van der Waals surface area contributed by atoms with Gasteiger partial charge in [0, 0.05) is 5.71 Å². The van der Waals surface area contributed by atoms with E-state index in [-0.39, 0.29) is 39.1 Å². The maximum Gasteiger partial charge on any atom is 2.00 e. The number of benzene rings is 3. The van der Waals surface area contributed by atoms with E-state index in [4.69, 9.17) is 10.3 Å². The van der Waals surface area contributed by atoms with Gasteiger partial charge in [0.05, 0.1) is 5.69 Å². The zero-order chi connectivity index (χ0) is 33.1. The van der Waals surface area contributed by atoms with Crippen LogP contribution in [0.5, 0.6) is 5.75 Å². The van der Waals surface area contributed by atoms with E-state index in [0.717, 1.165) is 39.5 Å². The fourth-order valence-electron chi connectivity index (χ4n) is 4.91. The number of aliphatic imine (C=N–C) groups is 1. The Morgan fingerprint density at radius 1 is 0.636 bits per heavy atom. The van der Waals surface area contributed by atoms with E-state index in [1.807, 2.05) is 0 Å². The van der Waals surface area contributed by atoms with Gasteiger partial charge in [-0.1, -0.05) is 129 Å². The Kier molecular flexibility index (Phi) is 13.4. The first-order valence-corrected chi connectivity index (χ1v) is 15.5. The molecule has 3 aromatic carbocycles. The molecule has 0 radical (unpaired) electrons. The fourth-order valence-corrected chi connectivity index (χ4v) is 4.91. The first-order chi connectivity index (χ1) is 19.6. The molecule has 3 nitrogen and oxygen atoms in total. The van der Waals surface area contributed by atoms with Gasteiger partial charge >= 0.3 is 17.1 Å². The van der Waals surface area contributed by atoms with Crippen LogP contribution in [-0.2, 0) is 33.3 Å². The second-order valence-electron chi connectivity index (χ2n) is 15.2. The minimum absolute atomic E-state index is 0. The number of rotatable bonds is 4. The number of nitrogens with zero attached hydrogens (tertiary/aromatic N) is 2. The molecule has 0 aliphatic carbocycles. The summed E-state index contributed by atoms with van der Waals surface area (Å²) in [6.45, 7) is 33.9. The van der Waals surface area contributed by atoms with Crippen LogP contribution in [-0.4, -0.2) is 5.71 Å². The van der Waals surface area contributed by atoms with Crippen molar-refractivity contribution in [1.82, 2.24) is 0 Å². The SMILES string of the molecule is CC(=Nc1c(C)cccc1C)/C(C)=C(/C)[N-]c1c(C)cccc1C.CC(C)(C)c1cc(C(C)(C)C)c([O-])c(C(C)(C)C)c1.[Fe+2]. The maximum absolute atomic E-state index is 12.7. The summed E-state index contributed by atoms with van der Waals surface area (Å²) in [6, 6.07) is 16.8. The van der Waals surface area contributed by atoms with Crippen LogP contribution in [0.4, 0.5) is 11.4 Å². The molecule has 0 atom stereocenters. The van der Waals surface area contributed by atoms with Crippen LogP contribution in [0.15, 0.2) is 64.8 Å². The molecule has 3 rings (SSSR count). The van der Waals surface area contributed by atoms with Gasteiger partial charge in [-0.2, -0.15) is 5.70 Å². The first-order valence-electron chi connectivity index (χ1n) is 15.5. The number of para-hydroxylation sites is 2. The quantitative estimate of drug-likeness (QED) is 0.208. The number of hydrogen-bond acceptors (Lipinski definition) is 2. The van der Waals surface area contributed by atoms with Gasteiger partial charge in [0.1, 0.15) is 0 Å². The van der Waals surface area contributed by atoms with Gasteiger partial charge in [-0.15, -0.1) is 11.4 Å². The zero-order valence-corrected chi connectivity index (χ0v) is 31.4. The molecule has 0 bridgehead atoms. The second-order valence-corrected chi connectivity index (χ2v) is 15.2. The molecule has 0 unspecified atom stereocenters. The monoisotopic (exact) mass is 636 g/mol. The molecule has 0 heterocycles. The predicted octanol–water partition coefficient (Wildman–Crippen LogP) is 11.7. The average Bonchev–Trinajstić information content (AvgIpc) is 2.86. The van der Waals surface area contributed by atoms with Gasteiger partial charge in [0.15, 0.2) is 0 Å². The van der Waals surface area contributed by atoms with Crippen LogP contribution in [0.3, 0.4) is 0 Å². The molecular weight excluding hydrogens is 580 g/mol. The molecule has 0 amide bonds. The minimum Gasteiger partial charge on any atom is -0.872 e. The summed E-state index contributed by atoms with van der Waals surface area (Å²) in [4.78, 5) is 4.86. The van der Waals surface area contributed by atoms with E-state index in [2.05, 4.69) is 159 Å². The standard InChI is InChI=1S/C22H27N2.C18H30O.Fe/c1-14-10-8-11-15(2)21(14)23-19(6)18(5)20(7)24-22-16(3)12-9-13-17(22)4;1-16(2,3)12-10-13(17(4,5)6)15(19)14(11-12)18(7,8)9;/h8-13H,1-7H3;10-11,19H,1-9H3;/q-1;;+2/p-1/b19-18-,24-20?;;. The maximum atomic E-state index is 12.7. The third kappa shape index (κ3) is 10.1. The van der Waals surface area contributed by atoms with E-state index in [9.17, 15) is 5.11 Å². The van der Waals surface area contributed by atoms with Gasteiger partial charge in [-0.3, -0.25) is 4.99 Å². The van der Waals surface area contributed by atoms with Gasteiger partial charge in [0.25, 0.3) is 0 Å². The van der Waals surface area contributed by atoms with Crippen LogP contribution < -0.4 is 5.11 Å². The Balaban J connectivity index is 0.000000442. The number of aryl methyl sites for hydroxylation is 4. The number of allylic oxidation sites excluding steroid dienone is 2. The summed E-state index contributed by atoms with van der Waals surface area (Å²) in [7, 11) is 0. The Morgan fingerprint density at radius 2 is 1.02 bits per heavy atom. The predicted molar refractivity (Wildman–Crippen MR) is 188 cm³/mol. The summed E-state index contributed by atoms with van der Waals surface area (Å²) in [5.41, 5.74) is 13.0. The second kappa shape index (κ2) is 15.0. The van der Waals surface area contributed by atoms with Gasteiger partial charge in [0.2, 0.25) is 0 Å². The minimum atomic E-state index is -0.113. The van der Waals surface area contributed by atoms with Crippen LogP contribution >= 0.6 is 0 Å². The molecule has 0 aliphatic rings. The van der Waals surface area contributed by atoms with Gasteiger partial charge < -0.3 is 10.4 Å². The molecule has 0 saturated carbocycles. The molecule has 240 valence electrons. The summed E-state index contributed by atoms with van der Waals surface area (Å²) in [5, 5.41) is 17.6. The van der Waals surface area contributed by atoms with Crippen LogP contribution in [0.2, 0.25) is 0 Å². The van der Waals surface area contributed by atoms with Crippen molar-refractivity contribution in [3.8, 4) is 5.75 Å². The zero-order valence-electron chi connectivity index (χ0n) is 30.3. The van der Waals surface area contributed by atoms with Crippen LogP contribution in [0, 0.1) is 27.7 Å². The van der Waals surface area contributed by atoms with Crippen molar-refractivity contribution in [2.24, 2.45) is 4.99 Å². The van der Waals surface area contributed by atoms with Crippen molar-refractivity contribution in [3.05, 3.63) is 104 Å². The topological polar surface area (TPSA) is 49.5 Å².